The van der Waals surface area contributed by atoms with Crippen molar-refractivity contribution >= 4 is 15.0 Å². The molecule has 0 saturated heterocycles. The molecule has 1 fully saturated rings. The van der Waals surface area contributed by atoms with Crippen LogP contribution in [0.1, 0.15) is 39.9 Å². The summed E-state index contributed by atoms with van der Waals surface area (Å²) in [6.45, 7) is 7.54. The number of hydrogen-bond donors (Lipinski definition) is 2. The van der Waals surface area contributed by atoms with Crippen LogP contribution in [-0.4, -0.2) is 23.2 Å². The van der Waals surface area contributed by atoms with Gasteiger partial charge in [0.05, 0.1) is 12.3 Å². The van der Waals surface area contributed by atoms with Gasteiger partial charge in [0.25, 0.3) is 0 Å². The topological polar surface area (TPSA) is 62.5 Å². The molecular formula is C15H24NO3P. The first-order chi connectivity index (χ1) is 9.16. The second-order valence-electron chi connectivity index (χ2n) is 6.85. The van der Waals surface area contributed by atoms with Crippen molar-refractivity contribution in [2.75, 3.05) is 0 Å². The van der Waals surface area contributed by atoms with Gasteiger partial charge in [-0.25, -0.2) is 0 Å². The fourth-order valence-corrected chi connectivity index (χ4v) is 3.39. The Kier molecular flexibility index (Phi) is 4.12. The Labute approximate surface area is 122 Å². The van der Waals surface area contributed by atoms with E-state index in [1.165, 1.54) is 0 Å². The van der Waals surface area contributed by atoms with Crippen molar-refractivity contribution < 1.29 is 14.3 Å². The summed E-state index contributed by atoms with van der Waals surface area (Å²) in [7, 11) is 2.78. The lowest BCUT2D eigenvalue weighted by Gasteiger charge is -2.32. The van der Waals surface area contributed by atoms with Gasteiger partial charge in [-0.2, -0.15) is 0 Å². The molecule has 112 valence electrons. The van der Waals surface area contributed by atoms with E-state index in [0.717, 1.165) is 12.2 Å². The van der Waals surface area contributed by atoms with Crippen molar-refractivity contribution in [2.24, 2.45) is 11.3 Å². The average Bonchev–Trinajstić information content (AvgIpc) is 2.78. The van der Waals surface area contributed by atoms with Crippen LogP contribution in [0.25, 0.3) is 0 Å². The highest BCUT2D eigenvalue weighted by Crippen LogP contribution is 2.60. The molecule has 0 amide bonds. The van der Waals surface area contributed by atoms with Crippen LogP contribution < -0.4 is 5.32 Å². The summed E-state index contributed by atoms with van der Waals surface area (Å²) in [4.78, 5) is 11.8. The number of furan rings is 1. The van der Waals surface area contributed by atoms with Crippen molar-refractivity contribution in [3.8, 4) is 0 Å². The summed E-state index contributed by atoms with van der Waals surface area (Å²) in [5, 5.41) is 13.3. The van der Waals surface area contributed by atoms with E-state index >= 15 is 0 Å². The summed E-state index contributed by atoms with van der Waals surface area (Å²) < 4.78 is 5.43. The zero-order chi connectivity index (χ0) is 15.1. The van der Waals surface area contributed by atoms with E-state index in [2.05, 4.69) is 14.6 Å². The molecule has 1 aromatic heterocycles. The van der Waals surface area contributed by atoms with Crippen LogP contribution in [0.3, 0.4) is 0 Å². The van der Waals surface area contributed by atoms with Gasteiger partial charge in [0.2, 0.25) is 0 Å². The number of ketones is 1. The second kappa shape index (κ2) is 5.25. The Morgan fingerprint density at radius 2 is 2.25 bits per heavy atom. The number of carbonyl (C=O) groups is 1. The maximum absolute atomic E-state index is 11.8. The third kappa shape index (κ3) is 2.98. The molecule has 0 spiro atoms. The largest absolute Gasteiger partial charge is 0.468 e. The average molecular weight is 297 g/mol. The molecule has 5 atom stereocenters. The zero-order valence-electron chi connectivity index (χ0n) is 12.5. The van der Waals surface area contributed by atoms with Crippen LogP contribution in [0.4, 0.5) is 0 Å². The van der Waals surface area contributed by atoms with E-state index < -0.39 is 6.23 Å². The van der Waals surface area contributed by atoms with Crippen molar-refractivity contribution in [1.82, 2.24) is 5.32 Å². The molecule has 1 heterocycles. The monoisotopic (exact) mass is 297 g/mol. The predicted molar refractivity (Wildman–Crippen MR) is 81.3 cm³/mol. The number of carbonyl (C=O) groups excluding carboxylic acids is 1. The molecule has 3 unspecified atom stereocenters. The molecule has 5 heteroatoms. The molecule has 0 bridgehead atoms. The third-order valence-electron chi connectivity index (χ3n) is 4.03. The predicted octanol–water partition coefficient (Wildman–Crippen LogP) is 2.28. The summed E-state index contributed by atoms with van der Waals surface area (Å²) >= 11 is 0. The Morgan fingerprint density at radius 3 is 2.70 bits per heavy atom. The Hall–Kier alpha value is -0.700. The molecule has 20 heavy (non-hydrogen) atoms. The maximum Gasteiger partial charge on any atom is 0.147 e. The van der Waals surface area contributed by atoms with Crippen LogP contribution in [0.5, 0.6) is 0 Å². The summed E-state index contributed by atoms with van der Waals surface area (Å²) in [6.07, 6.45) is 1.75. The van der Waals surface area contributed by atoms with E-state index in [1.807, 2.05) is 32.9 Å². The van der Waals surface area contributed by atoms with Gasteiger partial charge in [-0.1, -0.05) is 20.8 Å². The van der Waals surface area contributed by atoms with Gasteiger partial charge >= 0.3 is 0 Å². The third-order valence-corrected chi connectivity index (χ3v) is 4.98. The van der Waals surface area contributed by atoms with Crippen LogP contribution in [0.2, 0.25) is 0 Å². The van der Waals surface area contributed by atoms with Gasteiger partial charge in [0.15, 0.2) is 0 Å². The SMILES string of the molecule is CC(=O)[C@@H](NC(O)[C@@H]1CC1(P)c1ccco1)C(C)(C)C. The summed E-state index contributed by atoms with van der Waals surface area (Å²) in [5.41, 5.74) is -0.226. The Morgan fingerprint density at radius 1 is 1.60 bits per heavy atom. The number of aliphatic hydroxyl groups is 1. The molecule has 0 aliphatic heterocycles. The minimum Gasteiger partial charge on any atom is -0.468 e. The van der Waals surface area contributed by atoms with Gasteiger partial charge in [0.1, 0.15) is 17.8 Å². The number of hydrogen-bond acceptors (Lipinski definition) is 4. The Balaban J connectivity index is 2.03. The van der Waals surface area contributed by atoms with Crippen LogP contribution in [0.15, 0.2) is 22.8 Å². The summed E-state index contributed by atoms with van der Waals surface area (Å²) in [6, 6.07) is 3.42. The first kappa shape index (κ1) is 15.7. The van der Waals surface area contributed by atoms with Crippen LogP contribution in [-0.2, 0) is 9.95 Å². The molecule has 2 rings (SSSR count). The van der Waals surface area contributed by atoms with Gasteiger partial charge in [0, 0.05) is 11.1 Å². The summed E-state index contributed by atoms with van der Waals surface area (Å²) in [5.74, 6) is 0.955. The van der Waals surface area contributed by atoms with E-state index in [1.54, 1.807) is 13.2 Å². The van der Waals surface area contributed by atoms with Crippen molar-refractivity contribution in [3.05, 3.63) is 24.2 Å². The molecule has 2 N–H and O–H groups in total. The molecule has 0 aromatic carbocycles. The highest BCUT2D eigenvalue weighted by molar-refractivity contribution is 7.19. The highest BCUT2D eigenvalue weighted by Gasteiger charge is 2.57. The highest BCUT2D eigenvalue weighted by atomic mass is 31.0. The van der Waals surface area contributed by atoms with Gasteiger partial charge in [-0.3, -0.25) is 10.1 Å². The molecule has 1 aliphatic rings. The van der Waals surface area contributed by atoms with E-state index in [4.69, 9.17) is 4.42 Å². The van der Waals surface area contributed by atoms with E-state index in [0.29, 0.717) is 0 Å². The smallest absolute Gasteiger partial charge is 0.147 e. The van der Waals surface area contributed by atoms with Gasteiger partial charge in [-0.05, 0) is 30.9 Å². The van der Waals surface area contributed by atoms with E-state index in [9.17, 15) is 9.90 Å². The van der Waals surface area contributed by atoms with Crippen LogP contribution >= 0.6 is 9.24 Å². The fourth-order valence-electron chi connectivity index (χ4n) is 2.79. The van der Waals surface area contributed by atoms with Crippen molar-refractivity contribution in [2.45, 2.75) is 51.5 Å². The minimum atomic E-state index is -0.717. The Bertz CT molecular complexity index is 480. The van der Waals surface area contributed by atoms with Crippen molar-refractivity contribution in [3.63, 3.8) is 0 Å². The first-order valence-corrected chi connectivity index (χ1v) is 7.51. The molecule has 0 radical (unpaired) electrons. The normalized spacial score (nSPS) is 29.0. The molecule has 1 saturated carbocycles. The lowest BCUT2D eigenvalue weighted by Crippen LogP contribution is -2.51. The number of aliphatic hydroxyl groups excluding tert-OH is 1. The molecule has 1 aliphatic carbocycles. The van der Waals surface area contributed by atoms with Crippen LogP contribution in [0, 0.1) is 11.3 Å². The first-order valence-electron chi connectivity index (χ1n) is 6.93. The van der Waals surface area contributed by atoms with Gasteiger partial charge in [-0.15, -0.1) is 9.24 Å². The van der Waals surface area contributed by atoms with Crippen molar-refractivity contribution in [1.29, 1.82) is 0 Å². The molecule has 4 nitrogen and oxygen atoms in total. The fraction of sp³-hybridized carbons (Fsp3) is 0.667. The molecule has 1 aromatic rings. The molecular weight excluding hydrogens is 273 g/mol. The maximum atomic E-state index is 11.8. The number of rotatable bonds is 5. The van der Waals surface area contributed by atoms with E-state index in [-0.39, 0.29) is 28.3 Å². The lowest BCUT2D eigenvalue weighted by atomic mass is 9.84. The minimum absolute atomic E-state index is 0.0443. The van der Waals surface area contributed by atoms with Gasteiger partial charge < -0.3 is 9.52 Å². The lowest BCUT2D eigenvalue weighted by molar-refractivity contribution is -0.122. The number of nitrogens with one attached hydrogen (secondary N) is 1. The second-order valence-corrected chi connectivity index (χ2v) is 7.88. The number of Topliss-reactive ketones (excluding diaryl/α,β-unsaturated/α-hetero) is 1. The zero-order valence-corrected chi connectivity index (χ0v) is 13.7. The standard InChI is InChI=1S/C15H24NO3P/c1-9(17)12(14(2,3)4)16-13(18)10-8-15(10,20)11-6-5-7-19-11/h5-7,10,12-13,16,18H,8,20H2,1-4H3/t10-,12+,13?,15?/m0/s1. The quantitative estimate of drug-likeness (QED) is 0.646.